The number of ether oxygens (including phenoxy) is 1. The average Bonchev–Trinajstić information content (AvgIpc) is 2.63. The molecule has 2 aromatic carbocycles. The second kappa shape index (κ2) is 7.95. The topological polar surface area (TPSA) is 34.2 Å². The minimum Gasteiger partial charge on any atom is -0.439 e. The molecular formula is C20H19ClN2O. The third-order valence-electron chi connectivity index (χ3n) is 3.78. The molecule has 0 fully saturated rings. The van der Waals surface area contributed by atoms with E-state index in [2.05, 4.69) is 29.4 Å². The highest BCUT2D eigenvalue weighted by atomic mass is 35.5. The van der Waals surface area contributed by atoms with Gasteiger partial charge in [-0.1, -0.05) is 48.0 Å². The number of nitrogens with one attached hydrogen (secondary N) is 1. The second-order valence-electron chi connectivity index (χ2n) is 5.54. The van der Waals surface area contributed by atoms with E-state index in [1.807, 2.05) is 42.5 Å². The van der Waals surface area contributed by atoms with Crippen LogP contribution in [0.3, 0.4) is 0 Å². The number of benzene rings is 2. The Labute approximate surface area is 147 Å². The maximum Gasteiger partial charge on any atom is 0.223 e. The van der Waals surface area contributed by atoms with Crippen LogP contribution in [-0.2, 0) is 6.54 Å². The monoisotopic (exact) mass is 338 g/mol. The van der Waals surface area contributed by atoms with Gasteiger partial charge in [-0.3, -0.25) is 0 Å². The van der Waals surface area contributed by atoms with E-state index in [4.69, 9.17) is 16.3 Å². The Bertz CT molecular complexity index is 775. The SMILES string of the molecule is CC(NCc1cccnc1Oc1ccc(Cl)cc1)c1ccccc1. The third kappa shape index (κ3) is 4.34. The predicted octanol–water partition coefficient (Wildman–Crippen LogP) is 5.38. The van der Waals surface area contributed by atoms with E-state index >= 15 is 0 Å². The highest BCUT2D eigenvalue weighted by Crippen LogP contribution is 2.24. The van der Waals surface area contributed by atoms with E-state index in [1.54, 1.807) is 18.3 Å². The predicted molar refractivity (Wildman–Crippen MR) is 97.5 cm³/mol. The molecule has 1 aromatic heterocycles. The molecule has 0 bridgehead atoms. The number of hydrogen-bond acceptors (Lipinski definition) is 3. The van der Waals surface area contributed by atoms with E-state index < -0.39 is 0 Å². The van der Waals surface area contributed by atoms with Gasteiger partial charge in [-0.2, -0.15) is 0 Å². The summed E-state index contributed by atoms with van der Waals surface area (Å²) in [4.78, 5) is 4.35. The molecule has 0 radical (unpaired) electrons. The molecule has 0 aliphatic heterocycles. The maximum atomic E-state index is 5.91. The lowest BCUT2D eigenvalue weighted by Crippen LogP contribution is -2.18. The molecule has 0 amide bonds. The van der Waals surface area contributed by atoms with Gasteiger partial charge >= 0.3 is 0 Å². The van der Waals surface area contributed by atoms with Crippen molar-refractivity contribution in [1.29, 1.82) is 0 Å². The van der Waals surface area contributed by atoms with Crippen LogP contribution < -0.4 is 10.1 Å². The van der Waals surface area contributed by atoms with Crippen molar-refractivity contribution in [3.63, 3.8) is 0 Å². The second-order valence-corrected chi connectivity index (χ2v) is 5.97. The molecule has 0 spiro atoms. The number of rotatable bonds is 6. The standard InChI is InChI=1S/C20H19ClN2O/c1-15(16-6-3-2-4-7-16)23-14-17-8-5-13-22-20(17)24-19-11-9-18(21)10-12-19/h2-13,15,23H,14H2,1H3. The number of halogens is 1. The van der Waals surface area contributed by atoms with Crippen molar-refractivity contribution >= 4 is 11.6 Å². The first-order valence-electron chi connectivity index (χ1n) is 7.88. The molecule has 3 rings (SSSR count). The molecule has 0 aliphatic carbocycles. The minimum atomic E-state index is 0.245. The van der Waals surface area contributed by atoms with Crippen LogP contribution in [0.1, 0.15) is 24.1 Å². The van der Waals surface area contributed by atoms with Gasteiger partial charge in [0.05, 0.1) is 0 Å². The van der Waals surface area contributed by atoms with E-state index in [1.165, 1.54) is 5.56 Å². The molecule has 4 heteroatoms. The Balaban J connectivity index is 1.69. The van der Waals surface area contributed by atoms with Crippen molar-refractivity contribution in [3.8, 4) is 11.6 Å². The van der Waals surface area contributed by atoms with Crippen molar-refractivity contribution in [3.05, 3.63) is 89.1 Å². The Morgan fingerprint density at radius 2 is 1.75 bits per heavy atom. The summed E-state index contributed by atoms with van der Waals surface area (Å²) in [6, 6.07) is 21.8. The molecule has 0 saturated carbocycles. The number of hydrogen-bond donors (Lipinski definition) is 1. The summed E-state index contributed by atoms with van der Waals surface area (Å²) in [7, 11) is 0. The molecule has 122 valence electrons. The molecule has 1 unspecified atom stereocenters. The smallest absolute Gasteiger partial charge is 0.223 e. The Kier molecular flexibility index (Phi) is 5.47. The zero-order valence-electron chi connectivity index (χ0n) is 13.4. The van der Waals surface area contributed by atoms with Crippen molar-refractivity contribution in [2.45, 2.75) is 19.5 Å². The summed E-state index contributed by atoms with van der Waals surface area (Å²) < 4.78 is 5.89. The fourth-order valence-corrected chi connectivity index (χ4v) is 2.51. The molecule has 1 heterocycles. The first kappa shape index (κ1) is 16.5. The van der Waals surface area contributed by atoms with Gasteiger partial charge in [0.1, 0.15) is 5.75 Å². The molecule has 24 heavy (non-hydrogen) atoms. The van der Waals surface area contributed by atoms with Crippen LogP contribution in [0, 0.1) is 0 Å². The Morgan fingerprint density at radius 1 is 1.00 bits per heavy atom. The zero-order valence-corrected chi connectivity index (χ0v) is 14.2. The van der Waals surface area contributed by atoms with Gasteiger partial charge in [-0.25, -0.2) is 4.98 Å². The van der Waals surface area contributed by atoms with Crippen LogP contribution in [0.2, 0.25) is 5.02 Å². The number of pyridine rings is 1. The molecule has 3 nitrogen and oxygen atoms in total. The summed E-state index contributed by atoms with van der Waals surface area (Å²) in [6.07, 6.45) is 1.73. The van der Waals surface area contributed by atoms with E-state index in [9.17, 15) is 0 Å². The summed E-state index contributed by atoms with van der Waals surface area (Å²) in [5, 5.41) is 4.19. The average molecular weight is 339 g/mol. The van der Waals surface area contributed by atoms with Crippen molar-refractivity contribution < 1.29 is 4.74 Å². The van der Waals surface area contributed by atoms with Gasteiger partial charge in [-0.05, 0) is 42.8 Å². The Morgan fingerprint density at radius 3 is 2.50 bits per heavy atom. The largest absolute Gasteiger partial charge is 0.439 e. The van der Waals surface area contributed by atoms with Gasteiger partial charge in [0, 0.05) is 29.4 Å². The van der Waals surface area contributed by atoms with Crippen LogP contribution in [0.5, 0.6) is 11.6 Å². The lowest BCUT2D eigenvalue weighted by atomic mass is 10.1. The summed E-state index contributed by atoms with van der Waals surface area (Å²) in [5.74, 6) is 1.32. The van der Waals surface area contributed by atoms with Gasteiger partial charge in [0.25, 0.3) is 0 Å². The van der Waals surface area contributed by atoms with Gasteiger partial charge < -0.3 is 10.1 Å². The van der Waals surface area contributed by atoms with Crippen LogP contribution in [0.15, 0.2) is 72.9 Å². The quantitative estimate of drug-likeness (QED) is 0.655. The van der Waals surface area contributed by atoms with Crippen LogP contribution in [0.4, 0.5) is 0 Å². The lowest BCUT2D eigenvalue weighted by molar-refractivity contribution is 0.449. The first-order valence-corrected chi connectivity index (χ1v) is 8.26. The minimum absolute atomic E-state index is 0.245. The van der Waals surface area contributed by atoms with E-state index in [0.29, 0.717) is 17.4 Å². The molecule has 1 atom stereocenters. The molecule has 3 aromatic rings. The molecular weight excluding hydrogens is 320 g/mol. The van der Waals surface area contributed by atoms with Crippen LogP contribution in [0.25, 0.3) is 0 Å². The van der Waals surface area contributed by atoms with Crippen molar-refractivity contribution in [2.75, 3.05) is 0 Å². The van der Waals surface area contributed by atoms with E-state index in [0.717, 1.165) is 11.3 Å². The van der Waals surface area contributed by atoms with Crippen LogP contribution in [-0.4, -0.2) is 4.98 Å². The van der Waals surface area contributed by atoms with Crippen molar-refractivity contribution in [2.24, 2.45) is 0 Å². The zero-order chi connectivity index (χ0) is 16.8. The highest BCUT2D eigenvalue weighted by molar-refractivity contribution is 6.30. The molecule has 0 aliphatic rings. The molecule has 0 saturated heterocycles. The maximum absolute atomic E-state index is 5.91. The van der Waals surface area contributed by atoms with Gasteiger partial charge in [0.2, 0.25) is 5.88 Å². The van der Waals surface area contributed by atoms with Crippen molar-refractivity contribution in [1.82, 2.24) is 10.3 Å². The Hall–Kier alpha value is -2.36. The van der Waals surface area contributed by atoms with E-state index in [-0.39, 0.29) is 6.04 Å². The summed E-state index contributed by atoms with van der Waals surface area (Å²) in [5.41, 5.74) is 2.26. The summed E-state index contributed by atoms with van der Waals surface area (Å²) >= 11 is 5.91. The fraction of sp³-hybridized carbons (Fsp3) is 0.150. The molecule has 1 N–H and O–H groups in total. The number of aromatic nitrogens is 1. The highest BCUT2D eigenvalue weighted by Gasteiger charge is 2.09. The van der Waals surface area contributed by atoms with Crippen LogP contribution >= 0.6 is 11.6 Å². The fourth-order valence-electron chi connectivity index (χ4n) is 2.39. The normalized spacial score (nSPS) is 11.9. The first-order chi connectivity index (χ1) is 11.7. The van der Waals surface area contributed by atoms with Gasteiger partial charge in [-0.15, -0.1) is 0 Å². The van der Waals surface area contributed by atoms with Gasteiger partial charge in [0.15, 0.2) is 0 Å². The lowest BCUT2D eigenvalue weighted by Gasteiger charge is -2.16. The number of nitrogens with zero attached hydrogens (tertiary/aromatic N) is 1. The third-order valence-corrected chi connectivity index (χ3v) is 4.03. The summed E-state index contributed by atoms with van der Waals surface area (Å²) in [6.45, 7) is 2.82.